The van der Waals surface area contributed by atoms with Gasteiger partial charge in [0.15, 0.2) is 5.78 Å². The summed E-state index contributed by atoms with van der Waals surface area (Å²) < 4.78 is 0. The molecule has 1 aliphatic heterocycles. The molecule has 0 spiro atoms. The molecular formula is C23H17NO2. The second-order valence-electron chi connectivity index (χ2n) is 6.26. The fraction of sp³-hybridized carbons (Fsp3) is 0.0435. The largest absolute Gasteiger partial charge is 0.352 e. The average molecular weight is 339 g/mol. The summed E-state index contributed by atoms with van der Waals surface area (Å²) in [6.45, 7) is 0. The molecule has 3 heteroatoms. The Morgan fingerprint density at radius 3 is 2.19 bits per heavy atom. The molecule has 3 nitrogen and oxygen atoms in total. The Labute approximate surface area is 152 Å². The Balaban J connectivity index is 1.62. The number of benzene rings is 3. The van der Waals surface area contributed by atoms with Crippen LogP contribution < -0.4 is 5.32 Å². The van der Waals surface area contributed by atoms with Gasteiger partial charge in [-0.1, -0.05) is 72.8 Å². The molecule has 0 unspecified atom stereocenters. The Bertz CT molecular complexity index is 1000. The molecule has 1 aliphatic rings. The quantitative estimate of drug-likeness (QED) is 0.706. The van der Waals surface area contributed by atoms with E-state index in [-0.39, 0.29) is 11.6 Å². The molecule has 0 saturated heterocycles. The first-order valence-corrected chi connectivity index (χ1v) is 8.50. The highest BCUT2D eigenvalue weighted by Crippen LogP contribution is 2.24. The lowest BCUT2D eigenvalue weighted by atomic mass is 10.0. The lowest BCUT2D eigenvalue weighted by molar-refractivity contribution is -0.114. The SMILES string of the molecule is O=C1C=C(C(=O)c2ccc(-c3ccccc3)cc2)Nc2ccccc2C1. The minimum Gasteiger partial charge on any atom is -0.352 e. The average Bonchev–Trinajstić information content (AvgIpc) is 2.86. The van der Waals surface area contributed by atoms with Crippen LogP contribution in [0.15, 0.2) is 90.6 Å². The summed E-state index contributed by atoms with van der Waals surface area (Å²) in [5, 5.41) is 3.13. The molecule has 126 valence electrons. The molecule has 0 atom stereocenters. The van der Waals surface area contributed by atoms with Crippen LogP contribution in [0.2, 0.25) is 0 Å². The minimum atomic E-state index is -0.185. The van der Waals surface area contributed by atoms with Gasteiger partial charge < -0.3 is 5.32 Å². The molecule has 1 heterocycles. The number of anilines is 1. The van der Waals surface area contributed by atoms with Crippen LogP contribution in [0, 0.1) is 0 Å². The van der Waals surface area contributed by atoms with E-state index < -0.39 is 0 Å². The lowest BCUT2D eigenvalue weighted by Crippen LogP contribution is -2.12. The van der Waals surface area contributed by atoms with Crippen molar-refractivity contribution in [1.29, 1.82) is 0 Å². The molecule has 1 N–H and O–H groups in total. The van der Waals surface area contributed by atoms with Crippen LogP contribution in [0.4, 0.5) is 5.69 Å². The number of rotatable bonds is 3. The van der Waals surface area contributed by atoms with Crippen LogP contribution in [0.25, 0.3) is 11.1 Å². The number of allylic oxidation sites excluding steroid dienone is 2. The third-order valence-electron chi connectivity index (χ3n) is 4.46. The fourth-order valence-corrected chi connectivity index (χ4v) is 3.10. The molecule has 26 heavy (non-hydrogen) atoms. The maximum absolute atomic E-state index is 12.9. The van der Waals surface area contributed by atoms with Gasteiger partial charge >= 0.3 is 0 Å². The molecule has 0 bridgehead atoms. The van der Waals surface area contributed by atoms with Gasteiger partial charge in [-0.25, -0.2) is 0 Å². The first-order valence-electron chi connectivity index (χ1n) is 8.50. The molecule has 0 amide bonds. The van der Waals surface area contributed by atoms with Crippen molar-refractivity contribution < 1.29 is 9.59 Å². The third kappa shape index (κ3) is 3.20. The van der Waals surface area contributed by atoms with Gasteiger partial charge in [-0.3, -0.25) is 9.59 Å². The van der Waals surface area contributed by atoms with Crippen LogP contribution in [-0.4, -0.2) is 11.6 Å². The van der Waals surface area contributed by atoms with E-state index in [1.807, 2.05) is 66.7 Å². The Morgan fingerprint density at radius 1 is 0.769 bits per heavy atom. The first kappa shape index (κ1) is 16.0. The highest BCUT2D eigenvalue weighted by molar-refractivity contribution is 6.14. The maximum atomic E-state index is 12.9. The number of carbonyl (C=O) groups is 2. The number of Topliss-reactive ketones (excluding diaryl/α,β-unsaturated/α-hetero) is 1. The van der Waals surface area contributed by atoms with Gasteiger partial charge in [0, 0.05) is 23.7 Å². The van der Waals surface area contributed by atoms with E-state index >= 15 is 0 Å². The number of para-hydroxylation sites is 1. The second-order valence-corrected chi connectivity index (χ2v) is 6.26. The predicted octanol–water partition coefficient (Wildman–Crippen LogP) is 4.66. The Morgan fingerprint density at radius 2 is 1.42 bits per heavy atom. The zero-order valence-electron chi connectivity index (χ0n) is 14.1. The molecule has 0 aromatic heterocycles. The summed E-state index contributed by atoms with van der Waals surface area (Å²) in [6, 6.07) is 25.0. The Kier molecular flexibility index (Phi) is 4.20. The van der Waals surface area contributed by atoms with E-state index in [9.17, 15) is 9.59 Å². The third-order valence-corrected chi connectivity index (χ3v) is 4.46. The van der Waals surface area contributed by atoms with Crippen molar-refractivity contribution in [2.24, 2.45) is 0 Å². The van der Waals surface area contributed by atoms with E-state index in [2.05, 4.69) is 5.32 Å². The molecular weight excluding hydrogens is 322 g/mol. The number of fused-ring (bicyclic) bond motifs is 1. The van der Waals surface area contributed by atoms with Crippen molar-refractivity contribution in [3.63, 3.8) is 0 Å². The molecule has 3 aromatic rings. The molecule has 3 aromatic carbocycles. The number of nitrogens with one attached hydrogen (secondary N) is 1. The lowest BCUT2D eigenvalue weighted by Gasteiger charge is -2.11. The number of hydrogen-bond acceptors (Lipinski definition) is 3. The van der Waals surface area contributed by atoms with Crippen LogP contribution in [-0.2, 0) is 11.2 Å². The van der Waals surface area contributed by atoms with Crippen molar-refractivity contribution in [1.82, 2.24) is 0 Å². The highest BCUT2D eigenvalue weighted by atomic mass is 16.1. The molecule has 4 rings (SSSR count). The van der Waals surface area contributed by atoms with Gasteiger partial charge in [0.2, 0.25) is 5.78 Å². The van der Waals surface area contributed by atoms with Crippen LogP contribution in [0.5, 0.6) is 0 Å². The number of carbonyl (C=O) groups excluding carboxylic acids is 2. The standard InChI is InChI=1S/C23H17NO2/c25-20-14-19-8-4-5-9-21(19)24-22(15-20)23(26)18-12-10-17(11-13-18)16-6-2-1-3-7-16/h1-13,15,24H,14H2. The summed E-state index contributed by atoms with van der Waals surface area (Å²) >= 11 is 0. The van der Waals surface area contributed by atoms with Crippen molar-refractivity contribution in [3.05, 3.63) is 102 Å². The molecule has 0 radical (unpaired) electrons. The van der Waals surface area contributed by atoms with Gasteiger partial charge in [0.05, 0.1) is 5.70 Å². The van der Waals surface area contributed by atoms with Crippen LogP contribution in [0.3, 0.4) is 0 Å². The van der Waals surface area contributed by atoms with Gasteiger partial charge in [-0.05, 0) is 22.8 Å². The monoisotopic (exact) mass is 339 g/mol. The molecule has 0 saturated carbocycles. The van der Waals surface area contributed by atoms with Gasteiger partial charge in [-0.15, -0.1) is 0 Å². The smallest absolute Gasteiger partial charge is 0.209 e. The normalized spacial score (nSPS) is 13.2. The van der Waals surface area contributed by atoms with Crippen LogP contribution in [0.1, 0.15) is 15.9 Å². The fourth-order valence-electron chi connectivity index (χ4n) is 3.10. The van der Waals surface area contributed by atoms with Gasteiger partial charge in [0.25, 0.3) is 0 Å². The van der Waals surface area contributed by atoms with E-state index in [4.69, 9.17) is 0 Å². The van der Waals surface area contributed by atoms with Crippen molar-refractivity contribution in [2.45, 2.75) is 6.42 Å². The van der Waals surface area contributed by atoms with Crippen molar-refractivity contribution in [3.8, 4) is 11.1 Å². The molecule has 0 fully saturated rings. The zero-order valence-corrected chi connectivity index (χ0v) is 14.1. The second kappa shape index (κ2) is 6.81. The highest BCUT2D eigenvalue weighted by Gasteiger charge is 2.19. The van der Waals surface area contributed by atoms with Crippen molar-refractivity contribution >= 4 is 17.3 Å². The minimum absolute atomic E-state index is 0.0771. The van der Waals surface area contributed by atoms with E-state index in [0.29, 0.717) is 17.7 Å². The number of ketones is 2. The van der Waals surface area contributed by atoms with E-state index in [1.54, 1.807) is 12.1 Å². The topological polar surface area (TPSA) is 46.2 Å². The Hall–Kier alpha value is -3.46. The van der Waals surface area contributed by atoms with Crippen LogP contribution >= 0.6 is 0 Å². The maximum Gasteiger partial charge on any atom is 0.209 e. The molecule has 0 aliphatic carbocycles. The summed E-state index contributed by atoms with van der Waals surface area (Å²) in [6.07, 6.45) is 1.71. The van der Waals surface area contributed by atoms with E-state index in [1.165, 1.54) is 6.08 Å². The first-order chi connectivity index (χ1) is 12.7. The number of hydrogen-bond donors (Lipinski definition) is 1. The van der Waals surface area contributed by atoms with Crippen molar-refractivity contribution in [2.75, 3.05) is 5.32 Å². The summed E-state index contributed by atoms with van der Waals surface area (Å²) in [7, 11) is 0. The summed E-state index contributed by atoms with van der Waals surface area (Å²) in [5.41, 5.74) is 4.71. The predicted molar refractivity (Wildman–Crippen MR) is 103 cm³/mol. The van der Waals surface area contributed by atoms with Gasteiger partial charge in [0.1, 0.15) is 0 Å². The van der Waals surface area contributed by atoms with E-state index in [0.717, 1.165) is 22.4 Å². The summed E-state index contributed by atoms with van der Waals surface area (Å²) in [5.74, 6) is -0.263. The summed E-state index contributed by atoms with van der Waals surface area (Å²) in [4.78, 5) is 25.0. The zero-order chi connectivity index (χ0) is 17.9. The van der Waals surface area contributed by atoms with Gasteiger partial charge in [-0.2, -0.15) is 0 Å².